The van der Waals surface area contributed by atoms with Crippen LogP contribution in [0, 0.1) is 0 Å². The molecule has 0 saturated carbocycles. The number of rotatable bonds is 2. The third kappa shape index (κ3) is 2.55. The molecule has 0 radical (unpaired) electrons. The van der Waals surface area contributed by atoms with E-state index in [4.69, 9.17) is 16.4 Å². The summed E-state index contributed by atoms with van der Waals surface area (Å²) < 4.78 is 3.23. The fraction of sp³-hybridized carbons (Fsp3) is 0.133. The number of carbonyl (C=O) groups is 1. The van der Waals surface area contributed by atoms with Gasteiger partial charge >= 0.3 is 0 Å². The Morgan fingerprint density at radius 1 is 1.24 bits per heavy atom. The second-order valence-electron chi connectivity index (χ2n) is 4.56. The second-order valence-corrected chi connectivity index (χ2v) is 6.96. The van der Waals surface area contributed by atoms with E-state index < -0.39 is 0 Å². The Kier molecular flexibility index (Phi) is 3.92. The van der Waals surface area contributed by atoms with Gasteiger partial charge in [-0.25, -0.2) is 5.06 Å². The number of fused-ring (bicyclic) bond motifs is 3. The van der Waals surface area contributed by atoms with Gasteiger partial charge in [-0.05, 0) is 30.3 Å². The molecule has 0 spiro atoms. The smallest absolute Gasteiger partial charge is 0.274 e. The van der Waals surface area contributed by atoms with Gasteiger partial charge in [-0.15, -0.1) is 11.3 Å². The maximum absolute atomic E-state index is 12.3. The number of thiophene rings is 1. The molecule has 0 aliphatic rings. The highest BCUT2D eigenvalue weighted by molar-refractivity contribution is 9.10. The van der Waals surface area contributed by atoms with Crippen molar-refractivity contribution in [2.75, 3.05) is 14.2 Å². The molecule has 1 amide bonds. The third-order valence-corrected chi connectivity index (χ3v) is 5.25. The molecule has 0 unspecified atom stereocenters. The monoisotopic (exact) mass is 383 g/mol. The molecule has 0 atom stereocenters. The molecular weight excluding hydrogens is 374 g/mol. The molecular formula is C15H11BrClNO2S. The van der Waals surface area contributed by atoms with Crippen molar-refractivity contribution in [3.05, 3.63) is 45.4 Å². The van der Waals surface area contributed by atoms with Gasteiger partial charge in [-0.2, -0.15) is 0 Å². The zero-order valence-electron chi connectivity index (χ0n) is 11.3. The van der Waals surface area contributed by atoms with Crippen molar-refractivity contribution in [3.8, 4) is 0 Å². The van der Waals surface area contributed by atoms with E-state index in [1.165, 1.54) is 7.11 Å². The Bertz CT molecular complexity index is 862. The van der Waals surface area contributed by atoms with E-state index in [0.29, 0.717) is 10.6 Å². The topological polar surface area (TPSA) is 29.5 Å². The van der Waals surface area contributed by atoms with Gasteiger partial charge in [0.05, 0.1) is 17.7 Å². The van der Waals surface area contributed by atoms with E-state index in [0.717, 1.165) is 29.7 Å². The molecule has 0 fully saturated rings. The van der Waals surface area contributed by atoms with Gasteiger partial charge in [0, 0.05) is 31.7 Å². The van der Waals surface area contributed by atoms with Crippen LogP contribution in [0.1, 0.15) is 10.4 Å². The molecule has 1 aromatic heterocycles. The van der Waals surface area contributed by atoms with Gasteiger partial charge in [0.25, 0.3) is 5.91 Å². The molecule has 0 aliphatic carbocycles. The minimum atomic E-state index is -0.265. The average Bonchev–Trinajstić information content (AvgIpc) is 2.81. The predicted molar refractivity (Wildman–Crippen MR) is 91.1 cm³/mol. The zero-order chi connectivity index (χ0) is 15.1. The number of benzene rings is 2. The highest BCUT2D eigenvalue weighted by atomic mass is 79.9. The Labute approximate surface area is 139 Å². The minimum absolute atomic E-state index is 0.265. The van der Waals surface area contributed by atoms with Crippen molar-refractivity contribution in [2.24, 2.45) is 0 Å². The summed E-state index contributed by atoms with van der Waals surface area (Å²) in [6.07, 6.45) is 0. The first kappa shape index (κ1) is 14.8. The molecule has 0 aliphatic heterocycles. The van der Waals surface area contributed by atoms with Crippen LogP contribution in [0.2, 0.25) is 5.02 Å². The largest absolute Gasteiger partial charge is 0.278 e. The van der Waals surface area contributed by atoms with E-state index in [1.807, 2.05) is 18.2 Å². The molecule has 108 valence electrons. The van der Waals surface area contributed by atoms with Gasteiger partial charge in [-0.1, -0.05) is 27.5 Å². The summed E-state index contributed by atoms with van der Waals surface area (Å²) in [4.78, 5) is 17.2. The molecule has 0 saturated heterocycles. The van der Waals surface area contributed by atoms with Crippen LogP contribution in [-0.2, 0) is 4.84 Å². The van der Waals surface area contributed by atoms with E-state index in [-0.39, 0.29) is 5.91 Å². The van der Waals surface area contributed by atoms with Crippen molar-refractivity contribution in [2.45, 2.75) is 0 Å². The maximum atomic E-state index is 12.3. The molecule has 3 rings (SSSR count). The van der Waals surface area contributed by atoms with Gasteiger partial charge in [0.1, 0.15) is 0 Å². The first-order valence-electron chi connectivity index (χ1n) is 6.14. The normalized spacial score (nSPS) is 11.2. The lowest BCUT2D eigenvalue weighted by Crippen LogP contribution is -2.25. The minimum Gasteiger partial charge on any atom is -0.274 e. The quantitative estimate of drug-likeness (QED) is 0.575. The number of hydrogen-bond acceptors (Lipinski definition) is 3. The van der Waals surface area contributed by atoms with E-state index in [1.54, 1.807) is 18.4 Å². The average molecular weight is 385 g/mol. The fourth-order valence-corrected chi connectivity index (χ4v) is 3.96. The first-order valence-corrected chi connectivity index (χ1v) is 8.13. The van der Waals surface area contributed by atoms with Crippen LogP contribution in [0.15, 0.2) is 34.8 Å². The number of nitrogens with zero attached hydrogens (tertiary/aromatic N) is 1. The molecule has 0 bridgehead atoms. The zero-order valence-corrected chi connectivity index (χ0v) is 14.5. The van der Waals surface area contributed by atoms with Crippen molar-refractivity contribution in [3.63, 3.8) is 0 Å². The molecule has 2 aromatic carbocycles. The highest BCUT2D eigenvalue weighted by Crippen LogP contribution is 2.38. The van der Waals surface area contributed by atoms with Crippen LogP contribution in [0.4, 0.5) is 0 Å². The molecule has 3 nitrogen and oxygen atoms in total. The summed E-state index contributed by atoms with van der Waals surface area (Å²) in [5.41, 5.74) is 0.438. The molecule has 3 aromatic rings. The summed E-state index contributed by atoms with van der Waals surface area (Å²) >= 11 is 11.4. The SMILES string of the molecule is CON(C)C(=O)c1cc2c(cc1Cl)sc1ccc(Br)cc12. The summed E-state index contributed by atoms with van der Waals surface area (Å²) in [6, 6.07) is 9.79. The lowest BCUT2D eigenvalue weighted by molar-refractivity contribution is -0.0756. The van der Waals surface area contributed by atoms with Gasteiger partial charge in [0.15, 0.2) is 0 Å². The van der Waals surface area contributed by atoms with Crippen molar-refractivity contribution < 1.29 is 9.63 Å². The number of carbonyl (C=O) groups excluding carboxylic acids is 1. The predicted octanol–water partition coefficient (Wildman–Crippen LogP) is 5.10. The molecule has 6 heteroatoms. The lowest BCUT2D eigenvalue weighted by atomic mass is 10.1. The maximum Gasteiger partial charge on any atom is 0.278 e. The van der Waals surface area contributed by atoms with Crippen molar-refractivity contribution in [1.82, 2.24) is 5.06 Å². The van der Waals surface area contributed by atoms with Crippen molar-refractivity contribution in [1.29, 1.82) is 0 Å². The summed E-state index contributed by atoms with van der Waals surface area (Å²) in [5.74, 6) is -0.265. The van der Waals surface area contributed by atoms with Crippen LogP contribution in [0.3, 0.4) is 0 Å². The van der Waals surface area contributed by atoms with Gasteiger partial charge < -0.3 is 0 Å². The van der Waals surface area contributed by atoms with Crippen molar-refractivity contribution >= 4 is 64.9 Å². The van der Waals surface area contributed by atoms with Gasteiger partial charge in [-0.3, -0.25) is 9.63 Å². The first-order chi connectivity index (χ1) is 10.0. The Balaban J connectivity index is 2.28. The number of halogens is 2. The summed E-state index contributed by atoms with van der Waals surface area (Å²) in [6.45, 7) is 0. The van der Waals surface area contributed by atoms with Crippen LogP contribution >= 0.6 is 38.9 Å². The summed E-state index contributed by atoms with van der Waals surface area (Å²) in [7, 11) is 3.01. The van der Waals surface area contributed by atoms with Crippen LogP contribution in [0.25, 0.3) is 20.2 Å². The number of hydrogen-bond donors (Lipinski definition) is 0. The van der Waals surface area contributed by atoms with Gasteiger partial charge in [0.2, 0.25) is 0 Å². The molecule has 21 heavy (non-hydrogen) atoms. The van der Waals surface area contributed by atoms with E-state index in [9.17, 15) is 4.79 Å². The summed E-state index contributed by atoms with van der Waals surface area (Å²) in [5, 5.41) is 3.73. The molecule has 1 heterocycles. The Morgan fingerprint density at radius 3 is 2.67 bits per heavy atom. The number of hydroxylamine groups is 2. The van der Waals surface area contributed by atoms with E-state index in [2.05, 4.69) is 28.1 Å². The molecule has 0 N–H and O–H groups in total. The third-order valence-electron chi connectivity index (χ3n) is 3.31. The van der Waals surface area contributed by atoms with E-state index >= 15 is 0 Å². The van der Waals surface area contributed by atoms with Crippen LogP contribution in [-0.4, -0.2) is 25.1 Å². The Morgan fingerprint density at radius 2 is 1.95 bits per heavy atom. The highest BCUT2D eigenvalue weighted by Gasteiger charge is 2.18. The lowest BCUT2D eigenvalue weighted by Gasteiger charge is -2.14. The van der Waals surface area contributed by atoms with Crippen LogP contribution in [0.5, 0.6) is 0 Å². The fourth-order valence-electron chi connectivity index (χ4n) is 2.19. The second kappa shape index (κ2) is 5.57. The standard InChI is InChI=1S/C15H11BrClNO2S/c1-18(20-2)15(19)11-6-10-9-5-8(16)3-4-13(9)21-14(10)7-12(11)17/h3-7H,1-2H3. The number of amides is 1. The van der Waals surface area contributed by atoms with Crippen LogP contribution < -0.4 is 0 Å². The Hall–Kier alpha value is -1.14.